The topological polar surface area (TPSA) is 151 Å². The number of rotatable bonds is 15. The maximum atomic E-state index is 13.5. The van der Waals surface area contributed by atoms with Crippen LogP contribution in [0.25, 0.3) is 10.8 Å². The van der Waals surface area contributed by atoms with E-state index in [0.717, 1.165) is 66.6 Å². The van der Waals surface area contributed by atoms with Crippen molar-refractivity contribution >= 4 is 49.7 Å². The van der Waals surface area contributed by atoms with Gasteiger partial charge in [-0.2, -0.15) is 0 Å². The number of hydrogen-bond donors (Lipinski definition) is 3. The molecule has 0 saturated carbocycles. The zero-order chi connectivity index (χ0) is 43.2. The molecule has 1 atom stereocenters. The summed E-state index contributed by atoms with van der Waals surface area (Å²) in [5, 5.41) is 7.30. The van der Waals surface area contributed by atoms with Crippen LogP contribution in [0.2, 0.25) is 0 Å². The van der Waals surface area contributed by atoms with Gasteiger partial charge in [-0.1, -0.05) is 58.0 Å². The van der Waals surface area contributed by atoms with Gasteiger partial charge in [-0.25, -0.2) is 13.2 Å². The van der Waals surface area contributed by atoms with E-state index in [1.807, 2.05) is 69.3 Å². The third-order valence-corrected chi connectivity index (χ3v) is 11.1. The van der Waals surface area contributed by atoms with Crippen LogP contribution in [0.5, 0.6) is 23.0 Å². The van der Waals surface area contributed by atoms with E-state index in [2.05, 4.69) is 44.1 Å². The van der Waals surface area contributed by atoms with E-state index in [1.54, 1.807) is 43.6 Å². The molecule has 0 bridgehead atoms. The molecule has 2 amide bonds. The van der Waals surface area contributed by atoms with E-state index >= 15 is 0 Å². The number of anilines is 3. The molecule has 60 heavy (non-hydrogen) atoms. The number of carbonyl (C=O) groups excluding carboxylic acids is 2. The first kappa shape index (κ1) is 43.9. The summed E-state index contributed by atoms with van der Waals surface area (Å²) in [7, 11) is 1.51. The lowest BCUT2D eigenvalue weighted by Gasteiger charge is -2.33. The predicted molar refractivity (Wildman–Crippen MR) is 239 cm³/mol. The van der Waals surface area contributed by atoms with Crippen molar-refractivity contribution in [2.24, 2.45) is 5.92 Å². The highest BCUT2D eigenvalue weighted by Crippen LogP contribution is 2.40. The van der Waals surface area contributed by atoms with Crippen LogP contribution in [0, 0.1) is 5.92 Å². The summed E-state index contributed by atoms with van der Waals surface area (Å²) in [6.45, 7) is 13.2. The largest absolute Gasteiger partial charge is 0.496 e. The van der Waals surface area contributed by atoms with Gasteiger partial charge in [-0.15, -0.1) is 0 Å². The first-order valence-electron chi connectivity index (χ1n) is 20.0. The molecule has 1 aliphatic heterocycles. The van der Waals surface area contributed by atoms with Crippen LogP contribution in [0.1, 0.15) is 61.3 Å². The minimum Gasteiger partial charge on any atom is -0.496 e. The van der Waals surface area contributed by atoms with Crippen LogP contribution >= 0.6 is 0 Å². The molecular formula is C46H56N6O7S. The van der Waals surface area contributed by atoms with Crippen molar-refractivity contribution in [2.75, 3.05) is 75.6 Å². The number of ketones is 1. The molecule has 4 aromatic carbocycles. The van der Waals surface area contributed by atoms with Crippen molar-refractivity contribution in [3.8, 4) is 23.0 Å². The number of methoxy groups -OCH3 is 2. The van der Waals surface area contributed by atoms with Gasteiger partial charge in [0, 0.05) is 74.3 Å². The van der Waals surface area contributed by atoms with Gasteiger partial charge in [0.15, 0.2) is 11.5 Å². The normalized spacial score (nSPS) is 14.3. The number of urea groups is 1. The lowest BCUT2D eigenvalue weighted by Crippen LogP contribution is -2.45. The Morgan fingerprint density at radius 3 is 2.22 bits per heavy atom. The van der Waals surface area contributed by atoms with E-state index in [4.69, 9.17) is 14.2 Å². The van der Waals surface area contributed by atoms with Crippen LogP contribution in [0.15, 0.2) is 85.1 Å². The molecule has 13 nitrogen and oxygen atoms in total. The second-order valence-corrected chi connectivity index (χ2v) is 18.3. The molecule has 3 N–H and O–H groups in total. The summed E-state index contributed by atoms with van der Waals surface area (Å²) in [6, 6.07) is 23.4. The lowest BCUT2D eigenvalue weighted by atomic mass is 9.86. The fourth-order valence-corrected chi connectivity index (χ4v) is 7.94. The van der Waals surface area contributed by atoms with Gasteiger partial charge >= 0.3 is 6.03 Å². The maximum Gasteiger partial charge on any atom is 0.323 e. The lowest BCUT2D eigenvalue weighted by molar-refractivity contribution is 0.0929. The van der Waals surface area contributed by atoms with Crippen molar-refractivity contribution in [3.05, 3.63) is 107 Å². The summed E-state index contributed by atoms with van der Waals surface area (Å²) in [4.78, 5) is 36.3. The van der Waals surface area contributed by atoms with E-state index in [-0.39, 0.29) is 28.6 Å². The number of aromatic nitrogens is 1. The molecule has 1 fully saturated rings. The number of likely N-dealkylation sites (N-methyl/N-ethyl adjacent to an activating group) is 1. The highest BCUT2D eigenvalue weighted by Gasteiger charge is 2.24. The molecule has 1 aromatic heterocycles. The van der Waals surface area contributed by atoms with Crippen LogP contribution < -0.4 is 29.6 Å². The van der Waals surface area contributed by atoms with Crippen LogP contribution in [0.4, 0.5) is 21.9 Å². The molecule has 0 aliphatic carbocycles. The van der Waals surface area contributed by atoms with Gasteiger partial charge in [0.2, 0.25) is 10.0 Å². The SMILES string of the molecule is COc1cc(Cc2cc(Oc3ccc(NC(=O)Nc4cc(C(C)(C)C)cc(NS(C)(=O)=O)c4OC)c4ccccc34)ccn2)ccc1C(=O)CC(C)CN1CCN(C)CC1. The number of benzene rings is 4. The Hall–Kier alpha value is -5.70. The number of fused-ring (bicyclic) bond motifs is 1. The standard InChI is InChI=1S/C46H56N6O7S/c1-30(29-52-21-19-51(5)20-22-52)23-41(53)37-14-13-31(25-43(37)57-6)24-33-28-34(17-18-47-33)59-42-16-15-38(35-11-9-10-12-36(35)42)48-45(54)49-39-26-32(46(2,3)4)27-40(44(39)58-7)50-60(8,55)56/h9-18,25-28,30,50H,19-24,29H2,1-8H3,(H2,48,49,54). The molecule has 1 saturated heterocycles. The number of Topliss-reactive ketones (excluding diaryl/α,β-unsaturated/α-hetero) is 1. The number of pyridine rings is 1. The summed E-state index contributed by atoms with van der Waals surface area (Å²) in [5.74, 6) is 2.20. The van der Waals surface area contributed by atoms with Crippen LogP contribution in [-0.2, 0) is 21.9 Å². The Morgan fingerprint density at radius 2 is 1.53 bits per heavy atom. The van der Waals surface area contributed by atoms with Crippen molar-refractivity contribution < 1.29 is 32.2 Å². The van der Waals surface area contributed by atoms with E-state index in [9.17, 15) is 18.0 Å². The van der Waals surface area contributed by atoms with Crippen LogP contribution in [-0.4, -0.2) is 95.3 Å². The molecule has 14 heteroatoms. The quantitative estimate of drug-likeness (QED) is 0.0878. The first-order chi connectivity index (χ1) is 28.5. The average molecular weight is 837 g/mol. The van der Waals surface area contributed by atoms with Crippen LogP contribution in [0.3, 0.4) is 0 Å². The van der Waals surface area contributed by atoms with Crippen molar-refractivity contribution in [2.45, 2.75) is 46.0 Å². The molecule has 5 aromatic rings. The average Bonchev–Trinajstić information content (AvgIpc) is 3.18. The zero-order valence-corrected chi connectivity index (χ0v) is 36.5. The molecule has 6 rings (SSSR count). The van der Waals surface area contributed by atoms with Gasteiger partial charge in [0.05, 0.1) is 43.1 Å². The van der Waals surface area contributed by atoms with E-state index < -0.39 is 16.1 Å². The number of nitrogens with one attached hydrogen (secondary N) is 3. The first-order valence-corrected chi connectivity index (χ1v) is 21.9. The molecule has 0 radical (unpaired) electrons. The van der Waals surface area contributed by atoms with Crippen molar-refractivity contribution in [1.82, 2.24) is 14.8 Å². The fraction of sp³-hybridized carbons (Fsp3) is 0.370. The molecule has 1 aliphatic rings. The summed E-state index contributed by atoms with van der Waals surface area (Å²) in [5.41, 5.74) is 3.79. The molecule has 2 heterocycles. The van der Waals surface area contributed by atoms with Gasteiger partial charge in [-0.3, -0.25) is 14.5 Å². The van der Waals surface area contributed by atoms with Crippen molar-refractivity contribution in [1.29, 1.82) is 0 Å². The zero-order valence-electron chi connectivity index (χ0n) is 35.7. The third-order valence-electron chi connectivity index (χ3n) is 10.5. The summed E-state index contributed by atoms with van der Waals surface area (Å²) < 4.78 is 44.6. The van der Waals surface area contributed by atoms with Gasteiger partial charge in [-0.05, 0) is 72.0 Å². The number of carbonyl (C=O) groups is 2. The third kappa shape index (κ3) is 11.3. The minimum absolute atomic E-state index is 0.0758. The number of sulfonamides is 1. The van der Waals surface area contributed by atoms with Crippen molar-refractivity contribution in [3.63, 3.8) is 0 Å². The number of piperazine rings is 1. The summed E-state index contributed by atoms with van der Waals surface area (Å²) in [6.07, 6.45) is 3.71. The van der Waals surface area contributed by atoms with Gasteiger partial charge in [0.25, 0.3) is 0 Å². The monoisotopic (exact) mass is 836 g/mol. The Bertz CT molecular complexity index is 2460. The highest BCUT2D eigenvalue weighted by molar-refractivity contribution is 7.92. The molecule has 1 unspecified atom stereocenters. The number of hydrogen-bond acceptors (Lipinski definition) is 10. The molecular weight excluding hydrogens is 781 g/mol. The van der Waals surface area contributed by atoms with Gasteiger partial charge in [0.1, 0.15) is 17.2 Å². The van der Waals surface area contributed by atoms with E-state index in [0.29, 0.717) is 47.0 Å². The highest BCUT2D eigenvalue weighted by atomic mass is 32.2. The number of nitrogens with zero attached hydrogens (tertiary/aromatic N) is 3. The second kappa shape index (κ2) is 18.7. The second-order valence-electron chi connectivity index (χ2n) is 16.6. The fourth-order valence-electron chi connectivity index (χ4n) is 7.39. The Balaban J connectivity index is 1.15. The Labute approximate surface area is 353 Å². The summed E-state index contributed by atoms with van der Waals surface area (Å²) >= 11 is 0. The predicted octanol–water partition coefficient (Wildman–Crippen LogP) is 8.40. The minimum atomic E-state index is -3.64. The molecule has 318 valence electrons. The number of ether oxygens (including phenoxy) is 3. The van der Waals surface area contributed by atoms with Gasteiger partial charge < -0.3 is 34.6 Å². The smallest absolute Gasteiger partial charge is 0.323 e. The number of amides is 2. The Morgan fingerprint density at radius 1 is 0.833 bits per heavy atom. The maximum absolute atomic E-state index is 13.5. The van der Waals surface area contributed by atoms with E-state index in [1.165, 1.54) is 7.11 Å². The molecule has 0 spiro atoms. The Kier molecular flexibility index (Phi) is 13.7.